The molecule has 3 aromatic heterocycles. The second-order valence-corrected chi connectivity index (χ2v) is 5.97. The Labute approximate surface area is 139 Å². The third kappa shape index (κ3) is 2.62. The molecule has 7 nitrogen and oxygen atoms in total. The fourth-order valence-electron chi connectivity index (χ4n) is 3.16. The van der Waals surface area contributed by atoms with Crippen LogP contribution in [-0.2, 0) is 7.05 Å². The van der Waals surface area contributed by atoms with E-state index in [0.717, 1.165) is 42.8 Å². The zero-order valence-electron chi connectivity index (χ0n) is 13.6. The van der Waals surface area contributed by atoms with Gasteiger partial charge in [0, 0.05) is 45.6 Å². The molecule has 0 unspecified atom stereocenters. The van der Waals surface area contributed by atoms with E-state index in [4.69, 9.17) is 4.42 Å². The average molecular weight is 325 g/mol. The third-order valence-corrected chi connectivity index (χ3v) is 4.37. The number of aromatic nitrogens is 3. The minimum absolute atomic E-state index is 0.00747. The van der Waals surface area contributed by atoms with Gasteiger partial charge in [0.2, 0.25) is 0 Å². The van der Waals surface area contributed by atoms with Gasteiger partial charge in [0.25, 0.3) is 5.91 Å². The minimum atomic E-state index is -0.00747. The van der Waals surface area contributed by atoms with E-state index in [-0.39, 0.29) is 5.91 Å². The van der Waals surface area contributed by atoms with Gasteiger partial charge in [-0.15, -0.1) is 0 Å². The molecule has 1 saturated heterocycles. The standard InChI is InChI=1S/C17H19N5O2/c1-20-9-4-14(19-20)17(23)22-8-2-7-21(10-11-22)16-13-5-12-24-15(13)3-6-18-16/h3-6,9,12H,2,7-8,10-11H2,1H3. The highest BCUT2D eigenvalue weighted by Gasteiger charge is 2.23. The van der Waals surface area contributed by atoms with Gasteiger partial charge < -0.3 is 14.2 Å². The van der Waals surface area contributed by atoms with Gasteiger partial charge in [-0.2, -0.15) is 5.10 Å². The van der Waals surface area contributed by atoms with Gasteiger partial charge in [-0.05, 0) is 24.6 Å². The summed E-state index contributed by atoms with van der Waals surface area (Å²) < 4.78 is 7.11. The highest BCUT2D eigenvalue weighted by molar-refractivity contribution is 5.92. The number of anilines is 1. The van der Waals surface area contributed by atoms with E-state index < -0.39 is 0 Å². The number of fused-ring (bicyclic) bond motifs is 1. The Kier molecular flexibility index (Phi) is 3.68. The van der Waals surface area contributed by atoms with Crippen LogP contribution in [-0.4, -0.2) is 51.8 Å². The fraction of sp³-hybridized carbons (Fsp3) is 0.353. The Morgan fingerprint density at radius 1 is 1.17 bits per heavy atom. The molecule has 1 aliphatic heterocycles. The van der Waals surface area contributed by atoms with Crippen molar-refractivity contribution in [1.29, 1.82) is 0 Å². The van der Waals surface area contributed by atoms with Crippen molar-refractivity contribution < 1.29 is 9.21 Å². The summed E-state index contributed by atoms with van der Waals surface area (Å²) in [5.74, 6) is 0.917. The smallest absolute Gasteiger partial charge is 0.274 e. The molecule has 124 valence electrons. The summed E-state index contributed by atoms with van der Waals surface area (Å²) in [5, 5.41) is 5.23. The summed E-state index contributed by atoms with van der Waals surface area (Å²) in [4.78, 5) is 21.2. The predicted molar refractivity (Wildman–Crippen MR) is 90.0 cm³/mol. The predicted octanol–water partition coefficient (Wildman–Crippen LogP) is 1.91. The molecule has 1 amide bonds. The van der Waals surface area contributed by atoms with Crippen LogP contribution in [0.4, 0.5) is 5.82 Å². The number of carbonyl (C=O) groups excluding carboxylic acids is 1. The summed E-state index contributed by atoms with van der Waals surface area (Å²) in [6.07, 6.45) is 6.14. The number of hydrogen-bond donors (Lipinski definition) is 0. The molecule has 4 heterocycles. The van der Waals surface area contributed by atoms with Crippen LogP contribution >= 0.6 is 0 Å². The maximum Gasteiger partial charge on any atom is 0.274 e. The lowest BCUT2D eigenvalue weighted by atomic mass is 10.3. The van der Waals surface area contributed by atoms with Crippen molar-refractivity contribution in [1.82, 2.24) is 19.7 Å². The zero-order chi connectivity index (χ0) is 16.5. The average Bonchev–Trinajstić information content (AvgIpc) is 3.17. The number of aryl methyl sites for hydroxylation is 1. The van der Waals surface area contributed by atoms with Crippen LogP contribution in [0.25, 0.3) is 11.0 Å². The summed E-state index contributed by atoms with van der Waals surface area (Å²) in [6, 6.07) is 5.58. The van der Waals surface area contributed by atoms with Gasteiger partial charge in [-0.25, -0.2) is 4.98 Å². The van der Waals surface area contributed by atoms with E-state index >= 15 is 0 Å². The van der Waals surface area contributed by atoms with Crippen molar-refractivity contribution in [3.63, 3.8) is 0 Å². The van der Waals surface area contributed by atoms with E-state index in [9.17, 15) is 4.79 Å². The topological polar surface area (TPSA) is 67.4 Å². The number of rotatable bonds is 2. The molecule has 4 rings (SSSR count). The maximum absolute atomic E-state index is 12.6. The maximum atomic E-state index is 12.6. The second-order valence-electron chi connectivity index (χ2n) is 5.97. The molecule has 0 saturated carbocycles. The first-order valence-corrected chi connectivity index (χ1v) is 8.08. The summed E-state index contributed by atoms with van der Waals surface area (Å²) in [6.45, 7) is 3.00. The summed E-state index contributed by atoms with van der Waals surface area (Å²) in [7, 11) is 1.82. The molecule has 1 aliphatic rings. The molecule has 1 fully saturated rings. The first-order chi connectivity index (χ1) is 11.7. The molecule has 0 bridgehead atoms. The highest BCUT2D eigenvalue weighted by Crippen LogP contribution is 2.26. The molecule has 24 heavy (non-hydrogen) atoms. The van der Waals surface area contributed by atoms with Crippen molar-refractivity contribution in [3.05, 3.63) is 42.5 Å². The first kappa shape index (κ1) is 14.7. The van der Waals surface area contributed by atoms with Crippen LogP contribution in [0.1, 0.15) is 16.9 Å². The third-order valence-electron chi connectivity index (χ3n) is 4.37. The first-order valence-electron chi connectivity index (χ1n) is 8.08. The Bertz CT molecular complexity index is 869. The van der Waals surface area contributed by atoms with E-state index in [1.165, 1.54) is 0 Å². The van der Waals surface area contributed by atoms with Gasteiger partial charge in [-0.3, -0.25) is 9.48 Å². The molecular weight excluding hydrogens is 306 g/mol. The Hall–Kier alpha value is -2.83. The summed E-state index contributed by atoms with van der Waals surface area (Å²) >= 11 is 0. The van der Waals surface area contributed by atoms with Crippen LogP contribution in [0.15, 0.2) is 41.3 Å². The lowest BCUT2D eigenvalue weighted by Crippen LogP contribution is -2.35. The zero-order valence-corrected chi connectivity index (χ0v) is 13.6. The van der Waals surface area contributed by atoms with Crippen LogP contribution in [0.2, 0.25) is 0 Å². The highest BCUT2D eigenvalue weighted by atomic mass is 16.3. The molecule has 7 heteroatoms. The number of pyridine rings is 1. The number of furan rings is 1. The van der Waals surface area contributed by atoms with Crippen LogP contribution < -0.4 is 4.90 Å². The van der Waals surface area contributed by atoms with Gasteiger partial charge in [0.15, 0.2) is 0 Å². The van der Waals surface area contributed by atoms with Gasteiger partial charge in [0.05, 0.1) is 11.6 Å². The van der Waals surface area contributed by atoms with Crippen molar-refractivity contribution >= 4 is 22.7 Å². The minimum Gasteiger partial charge on any atom is -0.464 e. The molecule has 0 spiro atoms. The van der Waals surface area contributed by atoms with Gasteiger partial charge >= 0.3 is 0 Å². The van der Waals surface area contributed by atoms with E-state index in [1.807, 2.05) is 24.1 Å². The fourth-order valence-corrected chi connectivity index (χ4v) is 3.16. The van der Waals surface area contributed by atoms with Crippen LogP contribution in [0.5, 0.6) is 0 Å². The van der Waals surface area contributed by atoms with Crippen molar-refractivity contribution in [2.45, 2.75) is 6.42 Å². The molecule has 0 aromatic carbocycles. The van der Waals surface area contributed by atoms with Crippen molar-refractivity contribution in [3.8, 4) is 0 Å². The van der Waals surface area contributed by atoms with E-state index in [0.29, 0.717) is 12.2 Å². The lowest BCUT2D eigenvalue weighted by Gasteiger charge is -2.22. The summed E-state index contributed by atoms with van der Waals surface area (Å²) in [5.41, 5.74) is 1.34. The van der Waals surface area contributed by atoms with Gasteiger partial charge in [0.1, 0.15) is 17.1 Å². The number of carbonyl (C=O) groups is 1. The Balaban J connectivity index is 1.52. The van der Waals surface area contributed by atoms with Crippen molar-refractivity contribution in [2.75, 3.05) is 31.1 Å². The molecule has 0 aliphatic carbocycles. The van der Waals surface area contributed by atoms with E-state index in [1.54, 1.807) is 29.4 Å². The molecule has 3 aromatic rings. The van der Waals surface area contributed by atoms with Crippen LogP contribution in [0.3, 0.4) is 0 Å². The normalized spacial score (nSPS) is 15.7. The number of hydrogen-bond acceptors (Lipinski definition) is 5. The Morgan fingerprint density at radius 2 is 2.08 bits per heavy atom. The van der Waals surface area contributed by atoms with Gasteiger partial charge in [-0.1, -0.05) is 0 Å². The second kappa shape index (κ2) is 5.99. The van der Waals surface area contributed by atoms with Crippen LogP contribution in [0, 0.1) is 0 Å². The number of amides is 1. The monoisotopic (exact) mass is 325 g/mol. The lowest BCUT2D eigenvalue weighted by molar-refractivity contribution is 0.0760. The molecule has 0 radical (unpaired) electrons. The number of nitrogens with zero attached hydrogens (tertiary/aromatic N) is 5. The largest absolute Gasteiger partial charge is 0.464 e. The molecule has 0 atom stereocenters. The quantitative estimate of drug-likeness (QED) is 0.720. The molecule has 0 N–H and O–H groups in total. The van der Waals surface area contributed by atoms with Crippen molar-refractivity contribution in [2.24, 2.45) is 7.05 Å². The van der Waals surface area contributed by atoms with E-state index in [2.05, 4.69) is 15.0 Å². The SMILES string of the molecule is Cn1ccc(C(=O)N2CCCN(c3nccc4occc34)CC2)n1. The molecular formula is C17H19N5O2. The Morgan fingerprint density at radius 3 is 2.92 bits per heavy atom.